The SMILES string of the molecule is CCOC(=O)CNC(=O)C(c1ccccc1)c1ccccc1. The van der Waals surface area contributed by atoms with Crippen molar-refractivity contribution in [1.82, 2.24) is 5.32 Å². The van der Waals surface area contributed by atoms with Gasteiger partial charge in [-0.3, -0.25) is 9.59 Å². The van der Waals surface area contributed by atoms with Crippen molar-refractivity contribution in [2.45, 2.75) is 12.8 Å². The molecular weight excluding hydrogens is 278 g/mol. The molecule has 0 bridgehead atoms. The van der Waals surface area contributed by atoms with Gasteiger partial charge in [0.05, 0.1) is 12.5 Å². The number of esters is 1. The standard InChI is InChI=1S/C18H19NO3/c1-2-22-16(20)13-19-18(21)17(14-9-5-3-6-10-14)15-11-7-4-8-12-15/h3-12,17H,2,13H2,1H3,(H,19,21). The van der Waals surface area contributed by atoms with Gasteiger partial charge in [0, 0.05) is 0 Å². The number of nitrogens with one attached hydrogen (secondary N) is 1. The Balaban J connectivity index is 2.18. The molecule has 4 nitrogen and oxygen atoms in total. The summed E-state index contributed by atoms with van der Waals surface area (Å²) in [6.45, 7) is 1.91. The van der Waals surface area contributed by atoms with E-state index in [0.29, 0.717) is 6.61 Å². The first-order valence-corrected chi connectivity index (χ1v) is 7.25. The largest absolute Gasteiger partial charge is 0.465 e. The van der Waals surface area contributed by atoms with Crippen LogP contribution in [0.15, 0.2) is 60.7 Å². The van der Waals surface area contributed by atoms with Gasteiger partial charge in [-0.05, 0) is 18.1 Å². The zero-order chi connectivity index (χ0) is 15.8. The van der Waals surface area contributed by atoms with Crippen molar-refractivity contribution < 1.29 is 14.3 Å². The lowest BCUT2D eigenvalue weighted by atomic mass is 9.90. The van der Waals surface area contributed by atoms with Crippen LogP contribution in [-0.2, 0) is 14.3 Å². The van der Waals surface area contributed by atoms with Crippen LogP contribution in [0, 0.1) is 0 Å². The van der Waals surface area contributed by atoms with Gasteiger partial charge in [-0.15, -0.1) is 0 Å². The first-order chi connectivity index (χ1) is 10.7. The van der Waals surface area contributed by atoms with Gasteiger partial charge in [0.15, 0.2) is 0 Å². The van der Waals surface area contributed by atoms with E-state index in [-0.39, 0.29) is 12.5 Å². The predicted octanol–water partition coefficient (Wildman–Crippen LogP) is 2.50. The maximum absolute atomic E-state index is 12.5. The molecule has 0 unspecified atom stereocenters. The van der Waals surface area contributed by atoms with Crippen molar-refractivity contribution in [2.24, 2.45) is 0 Å². The molecule has 114 valence electrons. The number of benzene rings is 2. The van der Waals surface area contributed by atoms with Crippen molar-refractivity contribution >= 4 is 11.9 Å². The Morgan fingerprint density at radius 2 is 1.45 bits per heavy atom. The number of hydrogen-bond acceptors (Lipinski definition) is 3. The summed E-state index contributed by atoms with van der Waals surface area (Å²) in [5.74, 6) is -1.10. The average Bonchev–Trinajstić information content (AvgIpc) is 2.55. The van der Waals surface area contributed by atoms with Crippen LogP contribution in [0.5, 0.6) is 0 Å². The highest BCUT2D eigenvalue weighted by molar-refractivity contribution is 5.89. The number of carbonyl (C=O) groups is 2. The van der Waals surface area contributed by atoms with Crippen LogP contribution in [-0.4, -0.2) is 25.0 Å². The van der Waals surface area contributed by atoms with E-state index in [1.54, 1.807) is 6.92 Å². The van der Waals surface area contributed by atoms with Crippen LogP contribution in [0.3, 0.4) is 0 Å². The first kappa shape index (κ1) is 15.8. The summed E-state index contributed by atoms with van der Waals surface area (Å²) in [5.41, 5.74) is 1.77. The highest BCUT2D eigenvalue weighted by Gasteiger charge is 2.22. The van der Waals surface area contributed by atoms with E-state index in [0.717, 1.165) is 11.1 Å². The highest BCUT2D eigenvalue weighted by Crippen LogP contribution is 2.24. The molecule has 0 spiro atoms. The Hall–Kier alpha value is -2.62. The van der Waals surface area contributed by atoms with Crippen molar-refractivity contribution in [3.8, 4) is 0 Å². The van der Waals surface area contributed by atoms with Crippen LogP contribution < -0.4 is 5.32 Å². The van der Waals surface area contributed by atoms with Crippen LogP contribution in [0.25, 0.3) is 0 Å². The maximum atomic E-state index is 12.5. The molecule has 0 saturated heterocycles. The topological polar surface area (TPSA) is 55.4 Å². The number of carbonyl (C=O) groups excluding carboxylic acids is 2. The van der Waals surface area contributed by atoms with Crippen molar-refractivity contribution in [3.63, 3.8) is 0 Å². The molecule has 0 heterocycles. The molecule has 2 aromatic carbocycles. The zero-order valence-corrected chi connectivity index (χ0v) is 12.5. The van der Waals surface area contributed by atoms with Crippen molar-refractivity contribution in [2.75, 3.05) is 13.2 Å². The molecule has 2 aromatic rings. The Labute approximate surface area is 130 Å². The summed E-state index contributed by atoms with van der Waals surface area (Å²) in [6.07, 6.45) is 0. The summed E-state index contributed by atoms with van der Waals surface area (Å²) in [7, 11) is 0. The highest BCUT2D eigenvalue weighted by atomic mass is 16.5. The molecule has 0 aromatic heterocycles. The minimum absolute atomic E-state index is 0.122. The van der Waals surface area contributed by atoms with E-state index >= 15 is 0 Å². The maximum Gasteiger partial charge on any atom is 0.325 e. The predicted molar refractivity (Wildman–Crippen MR) is 84.4 cm³/mol. The minimum atomic E-state index is -0.447. The number of rotatable bonds is 6. The number of amides is 1. The fourth-order valence-electron chi connectivity index (χ4n) is 2.26. The third-order valence-corrected chi connectivity index (χ3v) is 3.24. The van der Waals surface area contributed by atoms with Crippen molar-refractivity contribution in [3.05, 3.63) is 71.8 Å². The smallest absolute Gasteiger partial charge is 0.325 e. The van der Waals surface area contributed by atoms with Crippen LogP contribution in [0.2, 0.25) is 0 Å². The van der Waals surface area contributed by atoms with Crippen LogP contribution in [0.4, 0.5) is 0 Å². The van der Waals surface area contributed by atoms with E-state index in [1.807, 2.05) is 60.7 Å². The minimum Gasteiger partial charge on any atom is -0.465 e. The summed E-state index contributed by atoms with van der Waals surface area (Å²) < 4.78 is 4.83. The molecular formula is C18H19NO3. The molecule has 22 heavy (non-hydrogen) atoms. The second-order valence-corrected chi connectivity index (χ2v) is 4.78. The monoisotopic (exact) mass is 297 g/mol. The second kappa shape index (κ2) is 7.98. The Bertz CT molecular complexity index is 571. The van der Waals surface area contributed by atoms with Crippen LogP contribution >= 0.6 is 0 Å². The molecule has 0 fully saturated rings. The Kier molecular flexibility index (Phi) is 5.72. The van der Waals surface area contributed by atoms with Gasteiger partial charge in [-0.2, -0.15) is 0 Å². The summed E-state index contributed by atoms with van der Waals surface area (Å²) >= 11 is 0. The van der Waals surface area contributed by atoms with E-state index in [9.17, 15) is 9.59 Å². The van der Waals surface area contributed by atoms with Gasteiger partial charge in [0.2, 0.25) is 5.91 Å². The molecule has 0 saturated carbocycles. The van der Waals surface area contributed by atoms with Gasteiger partial charge >= 0.3 is 5.97 Å². The fourth-order valence-corrected chi connectivity index (χ4v) is 2.26. The molecule has 0 aliphatic carbocycles. The lowest BCUT2D eigenvalue weighted by molar-refractivity contribution is -0.143. The number of ether oxygens (including phenoxy) is 1. The third kappa shape index (κ3) is 4.19. The molecule has 2 rings (SSSR count). The van der Waals surface area contributed by atoms with E-state index in [4.69, 9.17) is 4.74 Å². The van der Waals surface area contributed by atoms with E-state index in [2.05, 4.69) is 5.32 Å². The van der Waals surface area contributed by atoms with Crippen LogP contribution in [0.1, 0.15) is 24.0 Å². The van der Waals surface area contributed by atoms with E-state index < -0.39 is 11.9 Å². The molecule has 0 aliphatic rings. The Morgan fingerprint density at radius 1 is 0.955 bits per heavy atom. The molecule has 0 radical (unpaired) electrons. The van der Waals surface area contributed by atoms with Gasteiger partial charge in [-0.1, -0.05) is 60.7 Å². The molecule has 1 amide bonds. The lowest BCUT2D eigenvalue weighted by Crippen LogP contribution is -2.34. The van der Waals surface area contributed by atoms with Crippen molar-refractivity contribution in [1.29, 1.82) is 0 Å². The molecule has 1 N–H and O–H groups in total. The number of hydrogen-bond donors (Lipinski definition) is 1. The lowest BCUT2D eigenvalue weighted by Gasteiger charge is -2.17. The first-order valence-electron chi connectivity index (χ1n) is 7.25. The van der Waals surface area contributed by atoms with Gasteiger partial charge < -0.3 is 10.1 Å². The molecule has 4 heteroatoms. The third-order valence-electron chi connectivity index (χ3n) is 3.24. The van der Waals surface area contributed by atoms with Gasteiger partial charge in [0.1, 0.15) is 6.54 Å². The average molecular weight is 297 g/mol. The van der Waals surface area contributed by atoms with E-state index in [1.165, 1.54) is 0 Å². The summed E-state index contributed by atoms with van der Waals surface area (Å²) in [4.78, 5) is 23.9. The van der Waals surface area contributed by atoms with Gasteiger partial charge in [0.25, 0.3) is 0 Å². The molecule has 0 atom stereocenters. The summed E-state index contributed by atoms with van der Waals surface area (Å²) in [6, 6.07) is 19.0. The second-order valence-electron chi connectivity index (χ2n) is 4.78. The summed E-state index contributed by atoms with van der Waals surface area (Å²) in [5, 5.41) is 2.65. The normalized spacial score (nSPS) is 10.3. The quantitative estimate of drug-likeness (QED) is 0.833. The molecule has 0 aliphatic heterocycles. The zero-order valence-electron chi connectivity index (χ0n) is 12.5. The fraction of sp³-hybridized carbons (Fsp3) is 0.222. The van der Waals surface area contributed by atoms with Gasteiger partial charge in [-0.25, -0.2) is 0 Å². The Morgan fingerprint density at radius 3 is 1.91 bits per heavy atom.